The van der Waals surface area contributed by atoms with Gasteiger partial charge in [0.15, 0.2) is 0 Å². The predicted molar refractivity (Wildman–Crippen MR) is 73.7 cm³/mol. The van der Waals surface area contributed by atoms with Gasteiger partial charge in [-0.25, -0.2) is 0 Å². The largest absolute Gasteiger partial charge is 0.307 e. The summed E-state index contributed by atoms with van der Waals surface area (Å²) in [5.74, 6) is 1.57. The van der Waals surface area contributed by atoms with Crippen molar-refractivity contribution < 1.29 is 4.21 Å². The van der Waals surface area contributed by atoms with Crippen LogP contribution in [0.4, 0.5) is 0 Å². The summed E-state index contributed by atoms with van der Waals surface area (Å²) in [6.07, 6.45) is 1.01. The molecule has 1 aromatic rings. The Hall–Kier alpha value is -0.670. The molecule has 1 saturated heterocycles. The van der Waals surface area contributed by atoms with E-state index in [0.717, 1.165) is 17.9 Å². The van der Waals surface area contributed by atoms with E-state index >= 15 is 0 Å². The van der Waals surface area contributed by atoms with Crippen molar-refractivity contribution in [2.75, 3.05) is 11.5 Å². The monoisotopic (exact) mass is 251 g/mol. The maximum absolute atomic E-state index is 11.9. The first-order chi connectivity index (χ1) is 8.06. The van der Waals surface area contributed by atoms with Crippen molar-refractivity contribution in [1.29, 1.82) is 0 Å². The molecule has 0 bridgehead atoms. The molecule has 1 fully saturated rings. The Kier molecular flexibility index (Phi) is 4.00. The van der Waals surface area contributed by atoms with Gasteiger partial charge in [0.05, 0.1) is 0 Å². The Bertz CT molecular complexity index is 430. The maximum Gasteiger partial charge on any atom is 0.0441 e. The minimum Gasteiger partial charge on any atom is -0.307 e. The molecule has 17 heavy (non-hydrogen) atoms. The highest BCUT2D eigenvalue weighted by molar-refractivity contribution is 7.85. The van der Waals surface area contributed by atoms with Crippen LogP contribution in [-0.4, -0.2) is 21.8 Å². The lowest BCUT2D eigenvalue weighted by Crippen LogP contribution is -2.31. The van der Waals surface area contributed by atoms with Crippen LogP contribution in [0.5, 0.6) is 0 Å². The van der Waals surface area contributed by atoms with Gasteiger partial charge >= 0.3 is 0 Å². The van der Waals surface area contributed by atoms with Gasteiger partial charge in [0, 0.05) is 34.4 Å². The van der Waals surface area contributed by atoms with E-state index in [9.17, 15) is 4.21 Å². The molecule has 1 aliphatic rings. The van der Waals surface area contributed by atoms with Crippen LogP contribution in [-0.2, 0) is 10.8 Å². The Labute approximate surface area is 106 Å². The molecule has 3 heteroatoms. The standard InChI is InChI=1S/C14H21NOS/c1-10-4-5-11(2)13(8-10)14-9-17(16)7-6-12(3)15-14/h4-5,8,12,14-15H,6-7,9H2,1-3H3. The molecule has 0 radical (unpaired) electrons. The first-order valence-electron chi connectivity index (χ1n) is 6.24. The molecule has 3 unspecified atom stereocenters. The fraction of sp³-hybridized carbons (Fsp3) is 0.571. The van der Waals surface area contributed by atoms with Crippen LogP contribution < -0.4 is 5.32 Å². The van der Waals surface area contributed by atoms with Gasteiger partial charge in [0.2, 0.25) is 0 Å². The van der Waals surface area contributed by atoms with Gasteiger partial charge in [-0.05, 0) is 38.3 Å². The fourth-order valence-corrected chi connectivity index (χ4v) is 3.80. The highest BCUT2D eigenvalue weighted by Gasteiger charge is 2.22. The lowest BCUT2D eigenvalue weighted by molar-refractivity contribution is 0.483. The minimum atomic E-state index is -0.686. The molecule has 1 aromatic carbocycles. The molecule has 1 N–H and O–H groups in total. The third kappa shape index (κ3) is 3.17. The summed E-state index contributed by atoms with van der Waals surface area (Å²) in [5.41, 5.74) is 3.88. The first-order valence-corrected chi connectivity index (χ1v) is 7.73. The summed E-state index contributed by atoms with van der Waals surface area (Å²) in [6, 6.07) is 7.21. The first kappa shape index (κ1) is 12.8. The van der Waals surface area contributed by atoms with Crippen molar-refractivity contribution in [3.8, 4) is 0 Å². The summed E-state index contributed by atoms with van der Waals surface area (Å²) in [6.45, 7) is 6.43. The normalized spacial score (nSPS) is 29.9. The molecule has 0 aliphatic carbocycles. The average molecular weight is 251 g/mol. The van der Waals surface area contributed by atoms with E-state index in [1.54, 1.807) is 0 Å². The number of benzene rings is 1. The van der Waals surface area contributed by atoms with Gasteiger partial charge in [-0.15, -0.1) is 0 Å². The van der Waals surface area contributed by atoms with E-state index in [2.05, 4.69) is 44.3 Å². The van der Waals surface area contributed by atoms with Crippen LogP contribution in [0.2, 0.25) is 0 Å². The molecule has 2 nitrogen and oxygen atoms in total. The number of rotatable bonds is 1. The predicted octanol–water partition coefficient (Wildman–Crippen LogP) is 2.48. The zero-order chi connectivity index (χ0) is 12.4. The van der Waals surface area contributed by atoms with Crippen LogP contribution in [0.3, 0.4) is 0 Å². The van der Waals surface area contributed by atoms with Crippen LogP contribution in [0.25, 0.3) is 0 Å². The second-order valence-electron chi connectivity index (χ2n) is 5.08. The van der Waals surface area contributed by atoms with Crippen LogP contribution in [0.1, 0.15) is 36.1 Å². The summed E-state index contributed by atoms with van der Waals surface area (Å²) < 4.78 is 11.9. The summed E-state index contributed by atoms with van der Waals surface area (Å²) in [5, 5.41) is 3.60. The molecule has 1 aliphatic heterocycles. The van der Waals surface area contributed by atoms with E-state index in [0.29, 0.717) is 6.04 Å². The Morgan fingerprint density at radius 1 is 1.35 bits per heavy atom. The summed E-state index contributed by atoms with van der Waals surface area (Å²) >= 11 is 0. The number of hydrogen-bond acceptors (Lipinski definition) is 2. The van der Waals surface area contributed by atoms with E-state index in [-0.39, 0.29) is 6.04 Å². The van der Waals surface area contributed by atoms with Crippen LogP contribution in [0, 0.1) is 13.8 Å². The average Bonchev–Trinajstić information content (AvgIpc) is 2.44. The zero-order valence-corrected chi connectivity index (χ0v) is 11.6. The quantitative estimate of drug-likeness (QED) is 0.831. The molecule has 0 aromatic heterocycles. The zero-order valence-electron chi connectivity index (χ0n) is 10.8. The van der Waals surface area contributed by atoms with Gasteiger partial charge in [-0.2, -0.15) is 0 Å². The van der Waals surface area contributed by atoms with Crippen LogP contribution in [0.15, 0.2) is 18.2 Å². The Balaban J connectivity index is 2.30. The van der Waals surface area contributed by atoms with E-state index in [4.69, 9.17) is 0 Å². The molecule has 2 rings (SSSR count). The molecule has 0 amide bonds. The van der Waals surface area contributed by atoms with Crippen molar-refractivity contribution >= 4 is 10.8 Å². The number of aryl methyl sites for hydroxylation is 2. The molecule has 0 spiro atoms. The maximum atomic E-state index is 11.9. The third-order valence-electron chi connectivity index (χ3n) is 3.43. The van der Waals surface area contributed by atoms with Crippen molar-refractivity contribution in [2.45, 2.75) is 39.3 Å². The Morgan fingerprint density at radius 2 is 2.12 bits per heavy atom. The molecule has 0 saturated carbocycles. The molecule has 94 valence electrons. The van der Waals surface area contributed by atoms with Gasteiger partial charge in [-0.3, -0.25) is 4.21 Å². The topological polar surface area (TPSA) is 29.1 Å². The molecule has 1 heterocycles. The second-order valence-corrected chi connectivity index (χ2v) is 6.70. The number of nitrogens with one attached hydrogen (secondary N) is 1. The van der Waals surface area contributed by atoms with E-state index < -0.39 is 10.8 Å². The van der Waals surface area contributed by atoms with E-state index in [1.807, 2.05) is 0 Å². The molecule has 3 atom stereocenters. The van der Waals surface area contributed by atoms with E-state index in [1.165, 1.54) is 16.7 Å². The smallest absolute Gasteiger partial charge is 0.0441 e. The fourth-order valence-electron chi connectivity index (χ4n) is 2.37. The van der Waals surface area contributed by atoms with Crippen molar-refractivity contribution in [3.63, 3.8) is 0 Å². The minimum absolute atomic E-state index is 0.244. The van der Waals surface area contributed by atoms with Crippen molar-refractivity contribution in [1.82, 2.24) is 5.32 Å². The van der Waals surface area contributed by atoms with Crippen LogP contribution >= 0.6 is 0 Å². The van der Waals surface area contributed by atoms with Gasteiger partial charge < -0.3 is 5.32 Å². The SMILES string of the molecule is Cc1ccc(C)c(C2CS(=O)CCC(C)N2)c1. The van der Waals surface area contributed by atoms with Crippen molar-refractivity contribution in [2.24, 2.45) is 0 Å². The summed E-state index contributed by atoms with van der Waals surface area (Å²) in [7, 11) is -0.686. The lowest BCUT2D eigenvalue weighted by atomic mass is 9.99. The highest BCUT2D eigenvalue weighted by Crippen LogP contribution is 2.23. The molecular formula is C14H21NOS. The van der Waals surface area contributed by atoms with Gasteiger partial charge in [0.1, 0.15) is 0 Å². The Morgan fingerprint density at radius 3 is 2.88 bits per heavy atom. The highest BCUT2D eigenvalue weighted by atomic mass is 32.2. The number of hydrogen-bond donors (Lipinski definition) is 1. The lowest BCUT2D eigenvalue weighted by Gasteiger charge is -2.21. The molecular weight excluding hydrogens is 230 g/mol. The van der Waals surface area contributed by atoms with Gasteiger partial charge in [0.25, 0.3) is 0 Å². The van der Waals surface area contributed by atoms with Gasteiger partial charge in [-0.1, -0.05) is 23.8 Å². The third-order valence-corrected chi connectivity index (χ3v) is 4.82. The van der Waals surface area contributed by atoms with Crippen molar-refractivity contribution in [3.05, 3.63) is 34.9 Å². The second kappa shape index (κ2) is 5.32. The summed E-state index contributed by atoms with van der Waals surface area (Å²) in [4.78, 5) is 0.